The summed E-state index contributed by atoms with van der Waals surface area (Å²) in [5.74, 6) is -0.149. The van der Waals surface area contributed by atoms with E-state index in [0.29, 0.717) is 12.1 Å². The van der Waals surface area contributed by atoms with Crippen molar-refractivity contribution >= 4 is 5.91 Å². The third kappa shape index (κ3) is 3.65. The molecule has 122 valence electrons. The molecular formula is C18H19N5O. The molecule has 3 aromatic rings. The van der Waals surface area contributed by atoms with E-state index in [4.69, 9.17) is 0 Å². The van der Waals surface area contributed by atoms with Crippen LogP contribution >= 0.6 is 0 Å². The molecule has 24 heavy (non-hydrogen) atoms. The topological polar surface area (TPSA) is 72.7 Å². The summed E-state index contributed by atoms with van der Waals surface area (Å²) < 4.78 is 1.60. The molecule has 0 aliphatic carbocycles. The number of amides is 1. The lowest BCUT2D eigenvalue weighted by atomic mass is 10.1. The van der Waals surface area contributed by atoms with Gasteiger partial charge in [0.1, 0.15) is 5.69 Å². The van der Waals surface area contributed by atoms with Crippen molar-refractivity contribution < 1.29 is 4.79 Å². The minimum absolute atomic E-state index is 0.0516. The number of aryl methyl sites for hydroxylation is 1. The van der Waals surface area contributed by atoms with Crippen molar-refractivity contribution in [1.82, 2.24) is 25.1 Å². The second-order valence-corrected chi connectivity index (χ2v) is 5.68. The summed E-state index contributed by atoms with van der Waals surface area (Å²) in [6, 6.07) is 11.6. The Kier molecular flexibility index (Phi) is 4.65. The lowest BCUT2D eigenvalue weighted by Gasteiger charge is -2.13. The molecule has 0 saturated carbocycles. The maximum Gasteiger partial charge on any atom is 0.269 e. The molecule has 0 radical (unpaired) electrons. The summed E-state index contributed by atoms with van der Waals surface area (Å²) in [7, 11) is 1.77. The van der Waals surface area contributed by atoms with Crippen LogP contribution in [0.3, 0.4) is 0 Å². The van der Waals surface area contributed by atoms with Gasteiger partial charge in [-0.15, -0.1) is 0 Å². The zero-order valence-corrected chi connectivity index (χ0v) is 13.7. The highest BCUT2D eigenvalue weighted by atomic mass is 16.2. The Morgan fingerprint density at radius 1 is 1.25 bits per heavy atom. The molecule has 1 N–H and O–H groups in total. The summed E-state index contributed by atoms with van der Waals surface area (Å²) in [6.45, 7) is 1.95. The average Bonchev–Trinajstić information content (AvgIpc) is 2.98. The van der Waals surface area contributed by atoms with Gasteiger partial charge in [-0.3, -0.25) is 19.4 Å². The highest BCUT2D eigenvalue weighted by molar-refractivity contribution is 5.93. The van der Waals surface area contributed by atoms with Gasteiger partial charge in [0.2, 0.25) is 0 Å². The van der Waals surface area contributed by atoms with Gasteiger partial charge in [0, 0.05) is 43.7 Å². The minimum atomic E-state index is -0.149. The molecule has 1 amide bonds. The Morgan fingerprint density at radius 2 is 2.04 bits per heavy atom. The van der Waals surface area contributed by atoms with E-state index in [-0.39, 0.29) is 11.9 Å². The quantitative estimate of drug-likeness (QED) is 0.782. The molecule has 0 fully saturated rings. The molecule has 1 atom stereocenters. The lowest BCUT2D eigenvalue weighted by molar-refractivity contribution is 0.0930. The number of hydrogen-bond acceptors (Lipinski definition) is 4. The second kappa shape index (κ2) is 7.04. The average molecular weight is 321 g/mol. The molecule has 1 unspecified atom stereocenters. The summed E-state index contributed by atoms with van der Waals surface area (Å²) in [4.78, 5) is 20.8. The van der Waals surface area contributed by atoms with Gasteiger partial charge in [-0.05, 0) is 13.0 Å². The van der Waals surface area contributed by atoms with Crippen LogP contribution in [0.5, 0.6) is 0 Å². The van der Waals surface area contributed by atoms with Gasteiger partial charge in [0.05, 0.1) is 11.4 Å². The number of nitrogens with one attached hydrogen (secondary N) is 1. The van der Waals surface area contributed by atoms with Crippen molar-refractivity contribution in [3.63, 3.8) is 0 Å². The van der Waals surface area contributed by atoms with Crippen molar-refractivity contribution in [2.24, 2.45) is 7.05 Å². The van der Waals surface area contributed by atoms with Gasteiger partial charge in [-0.25, -0.2) is 0 Å². The number of aromatic nitrogens is 4. The molecule has 6 heteroatoms. The Bertz CT molecular complexity index is 814. The van der Waals surface area contributed by atoms with E-state index in [0.717, 1.165) is 17.0 Å². The fourth-order valence-corrected chi connectivity index (χ4v) is 2.53. The van der Waals surface area contributed by atoms with Crippen molar-refractivity contribution in [3.8, 4) is 11.3 Å². The first kappa shape index (κ1) is 15.9. The summed E-state index contributed by atoms with van der Waals surface area (Å²) in [5, 5.41) is 7.41. The van der Waals surface area contributed by atoms with Gasteiger partial charge in [-0.2, -0.15) is 5.10 Å². The van der Waals surface area contributed by atoms with Crippen LogP contribution in [0.2, 0.25) is 0 Å². The number of carbonyl (C=O) groups excluding carboxylic acids is 1. The SMILES string of the molecule is CC(Cc1cnccn1)NC(=O)c1cc(-c2ccccc2)nn1C. The van der Waals surface area contributed by atoms with E-state index in [2.05, 4.69) is 20.4 Å². The monoisotopic (exact) mass is 321 g/mol. The number of benzene rings is 1. The van der Waals surface area contributed by atoms with Crippen molar-refractivity contribution in [1.29, 1.82) is 0 Å². The molecule has 0 bridgehead atoms. The van der Waals surface area contributed by atoms with Crippen LogP contribution in [0.1, 0.15) is 23.1 Å². The molecule has 2 aromatic heterocycles. The molecule has 3 rings (SSSR count). The van der Waals surface area contributed by atoms with Crippen LogP contribution in [0, 0.1) is 0 Å². The van der Waals surface area contributed by atoms with Gasteiger partial charge >= 0.3 is 0 Å². The molecule has 2 heterocycles. The van der Waals surface area contributed by atoms with E-state index < -0.39 is 0 Å². The van der Waals surface area contributed by atoms with Crippen molar-refractivity contribution in [3.05, 3.63) is 66.4 Å². The Hall–Kier alpha value is -3.02. The normalized spacial score (nSPS) is 11.9. The van der Waals surface area contributed by atoms with E-state index in [9.17, 15) is 4.79 Å². The molecule has 0 spiro atoms. The van der Waals surface area contributed by atoms with Gasteiger partial charge in [-0.1, -0.05) is 30.3 Å². The number of carbonyl (C=O) groups is 1. The summed E-state index contributed by atoms with van der Waals surface area (Å²) in [5.41, 5.74) is 3.14. The first-order chi connectivity index (χ1) is 11.6. The second-order valence-electron chi connectivity index (χ2n) is 5.68. The van der Waals surface area contributed by atoms with E-state index >= 15 is 0 Å². The Labute approximate surface area is 140 Å². The van der Waals surface area contributed by atoms with Gasteiger partial charge in [0.15, 0.2) is 0 Å². The fourth-order valence-electron chi connectivity index (χ4n) is 2.53. The van der Waals surface area contributed by atoms with Gasteiger partial charge in [0.25, 0.3) is 5.91 Å². The molecule has 0 aliphatic heterocycles. The third-order valence-electron chi connectivity index (χ3n) is 3.69. The van der Waals surface area contributed by atoms with Crippen LogP contribution in [0.25, 0.3) is 11.3 Å². The van der Waals surface area contributed by atoms with E-state index in [1.54, 1.807) is 36.4 Å². The van der Waals surface area contributed by atoms with Crippen LogP contribution in [0.15, 0.2) is 55.0 Å². The largest absolute Gasteiger partial charge is 0.348 e. The van der Waals surface area contributed by atoms with Crippen LogP contribution in [0.4, 0.5) is 0 Å². The maximum absolute atomic E-state index is 12.5. The van der Waals surface area contributed by atoms with Crippen LogP contribution in [-0.4, -0.2) is 31.7 Å². The maximum atomic E-state index is 12.5. The molecule has 0 aliphatic rings. The zero-order valence-electron chi connectivity index (χ0n) is 13.7. The lowest BCUT2D eigenvalue weighted by Crippen LogP contribution is -2.35. The number of rotatable bonds is 5. The first-order valence-corrected chi connectivity index (χ1v) is 7.78. The van der Waals surface area contributed by atoms with Gasteiger partial charge < -0.3 is 5.32 Å². The predicted molar refractivity (Wildman–Crippen MR) is 91.3 cm³/mol. The standard InChI is InChI=1S/C18H19N5O/c1-13(10-15-12-19-8-9-20-15)21-18(24)17-11-16(22-23(17)2)14-6-4-3-5-7-14/h3-9,11-13H,10H2,1-2H3,(H,21,24). The Balaban J connectivity index is 1.70. The molecular weight excluding hydrogens is 302 g/mol. The number of hydrogen-bond donors (Lipinski definition) is 1. The molecule has 1 aromatic carbocycles. The van der Waals surface area contributed by atoms with Crippen LogP contribution < -0.4 is 5.32 Å². The number of nitrogens with zero attached hydrogens (tertiary/aromatic N) is 4. The summed E-state index contributed by atoms with van der Waals surface area (Å²) in [6.07, 6.45) is 5.62. The highest BCUT2D eigenvalue weighted by Crippen LogP contribution is 2.18. The zero-order chi connectivity index (χ0) is 16.9. The van der Waals surface area contributed by atoms with E-state index in [1.807, 2.05) is 37.3 Å². The van der Waals surface area contributed by atoms with E-state index in [1.165, 1.54) is 0 Å². The smallest absolute Gasteiger partial charge is 0.269 e. The van der Waals surface area contributed by atoms with Crippen molar-refractivity contribution in [2.75, 3.05) is 0 Å². The van der Waals surface area contributed by atoms with Crippen molar-refractivity contribution in [2.45, 2.75) is 19.4 Å². The molecule has 0 saturated heterocycles. The highest BCUT2D eigenvalue weighted by Gasteiger charge is 2.16. The Morgan fingerprint density at radius 3 is 2.75 bits per heavy atom. The summed E-state index contributed by atoms with van der Waals surface area (Å²) >= 11 is 0. The minimum Gasteiger partial charge on any atom is -0.348 e. The van der Waals surface area contributed by atoms with Crippen LogP contribution in [-0.2, 0) is 13.5 Å². The third-order valence-corrected chi connectivity index (χ3v) is 3.69. The molecule has 6 nitrogen and oxygen atoms in total. The predicted octanol–water partition coefficient (Wildman–Crippen LogP) is 2.24. The first-order valence-electron chi connectivity index (χ1n) is 7.78. The fraction of sp³-hybridized carbons (Fsp3) is 0.222.